The molecule has 0 amide bonds. The smallest absolute Gasteiger partial charge is 0.261 e. The summed E-state index contributed by atoms with van der Waals surface area (Å²) in [6, 6.07) is 21.1. The molecule has 0 radical (unpaired) electrons. The minimum absolute atomic E-state index is 0.215. The zero-order valence-corrected chi connectivity index (χ0v) is 28.1. The Bertz CT molecular complexity index is 1200. The van der Waals surface area contributed by atoms with Crippen molar-refractivity contribution in [2.75, 3.05) is 26.9 Å². The third-order valence-electron chi connectivity index (χ3n) is 10.1. The second-order valence-corrected chi connectivity index (χ2v) is 18.6. The maximum Gasteiger partial charge on any atom is 0.261 e. The fraction of sp³-hybridized carbons (Fsp3) is 0.657. The van der Waals surface area contributed by atoms with Crippen LogP contribution in [0.4, 0.5) is 0 Å². The summed E-state index contributed by atoms with van der Waals surface area (Å²) >= 11 is 0. The van der Waals surface area contributed by atoms with Gasteiger partial charge in [-0.25, -0.2) is 0 Å². The van der Waals surface area contributed by atoms with E-state index in [2.05, 4.69) is 83.1 Å². The molecule has 4 heterocycles. The molecule has 0 saturated carbocycles. The van der Waals surface area contributed by atoms with Crippen LogP contribution in [0.1, 0.15) is 60.3 Å². The normalized spacial score (nSPS) is 38.0. The van der Waals surface area contributed by atoms with Gasteiger partial charge in [-0.1, -0.05) is 95.3 Å². The van der Waals surface area contributed by atoms with E-state index in [0.717, 1.165) is 12.8 Å². The molecule has 4 aliphatic rings. The van der Waals surface area contributed by atoms with E-state index in [4.69, 9.17) is 32.8 Å². The standard InChI is InChI=1S/C35H50O8Si/c1-24-17-19-38-34(21-24)35(22-25(2)18-20-39-35)43-31-29(36)32(37-6)41-28(30(31)42-34)23-40-44(33(3,4)5,26-13-9-7-10-14-26)27-15-11-8-12-16-27/h7-16,24-25,28-32,36H,17-23H2,1-6H3/t24-,25+,28-,29-,30-,31-,32+,34+,35+/m1/s1. The summed E-state index contributed by atoms with van der Waals surface area (Å²) in [5.74, 6) is -1.53. The van der Waals surface area contributed by atoms with Gasteiger partial charge >= 0.3 is 0 Å². The lowest BCUT2D eigenvalue weighted by atomic mass is 9.80. The Morgan fingerprint density at radius 2 is 1.32 bits per heavy atom. The Labute approximate surface area is 263 Å². The van der Waals surface area contributed by atoms with Gasteiger partial charge in [-0.2, -0.15) is 0 Å². The van der Waals surface area contributed by atoms with Crippen molar-refractivity contribution in [3.63, 3.8) is 0 Å². The van der Waals surface area contributed by atoms with Crippen LogP contribution in [0.2, 0.25) is 5.04 Å². The molecule has 2 aromatic carbocycles. The van der Waals surface area contributed by atoms with Gasteiger partial charge in [0.05, 0.1) is 19.8 Å². The average molecular weight is 627 g/mol. The Kier molecular flexibility index (Phi) is 9.18. The molecule has 44 heavy (non-hydrogen) atoms. The van der Waals surface area contributed by atoms with Crippen LogP contribution in [0.5, 0.6) is 0 Å². The lowest BCUT2D eigenvalue weighted by Crippen LogP contribution is -2.77. The first-order chi connectivity index (χ1) is 21.0. The number of methoxy groups -OCH3 is 1. The minimum Gasteiger partial charge on any atom is -0.405 e. The highest BCUT2D eigenvalue weighted by Crippen LogP contribution is 2.53. The van der Waals surface area contributed by atoms with E-state index in [1.165, 1.54) is 10.4 Å². The predicted molar refractivity (Wildman–Crippen MR) is 169 cm³/mol. The van der Waals surface area contributed by atoms with Crippen molar-refractivity contribution in [2.24, 2.45) is 11.8 Å². The van der Waals surface area contributed by atoms with Crippen LogP contribution in [0, 0.1) is 11.8 Å². The van der Waals surface area contributed by atoms with Crippen LogP contribution in [0.25, 0.3) is 0 Å². The molecule has 0 unspecified atom stereocenters. The van der Waals surface area contributed by atoms with E-state index in [0.29, 0.717) is 37.9 Å². The van der Waals surface area contributed by atoms with Gasteiger partial charge in [0.15, 0.2) is 6.29 Å². The third-order valence-corrected chi connectivity index (χ3v) is 15.1. The van der Waals surface area contributed by atoms with Gasteiger partial charge in [-0.05, 0) is 40.1 Å². The third kappa shape index (κ3) is 5.52. The first-order valence-corrected chi connectivity index (χ1v) is 18.2. The zero-order chi connectivity index (χ0) is 31.2. The van der Waals surface area contributed by atoms with Crippen LogP contribution in [-0.4, -0.2) is 82.6 Å². The lowest BCUT2D eigenvalue weighted by Gasteiger charge is -2.62. The van der Waals surface area contributed by atoms with E-state index in [-0.39, 0.29) is 11.6 Å². The molecular formula is C35H50O8Si. The van der Waals surface area contributed by atoms with Gasteiger partial charge in [0.2, 0.25) is 11.6 Å². The molecular weight excluding hydrogens is 576 g/mol. The fourth-order valence-corrected chi connectivity index (χ4v) is 12.4. The van der Waals surface area contributed by atoms with Gasteiger partial charge < -0.3 is 38.0 Å². The van der Waals surface area contributed by atoms with Crippen LogP contribution in [-0.2, 0) is 32.8 Å². The summed E-state index contributed by atoms with van der Waals surface area (Å²) in [5, 5.41) is 13.7. The van der Waals surface area contributed by atoms with Gasteiger partial charge in [0.1, 0.15) is 24.4 Å². The Morgan fingerprint density at radius 1 is 0.818 bits per heavy atom. The van der Waals surface area contributed by atoms with Gasteiger partial charge in [-0.3, -0.25) is 0 Å². The Balaban J connectivity index is 1.39. The predicted octanol–water partition coefficient (Wildman–Crippen LogP) is 4.36. The van der Waals surface area contributed by atoms with Crippen LogP contribution in [0.3, 0.4) is 0 Å². The maximum absolute atomic E-state index is 11.5. The van der Waals surface area contributed by atoms with Crippen LogP contribution < -0.4 is 10.4 Å². The first-order valence-electron chi connectivity index (χ1n) is 16.3. The average Bonchev–Trinajstić information content (AvgIpc) is 3.00. The molecule has 4 saturated heterocycles. The van der Waals surface area contributed by atoms with Gasteiger partial charge in [0, 0.05) is 20.0 Å². The Morgan fingerprint density at radius 3 is 1.77 bits per heavy atom. The summed E-state index contributed by atoms with van der Waals surface area (Å²) in [7, 11) is -1.34. The maximum atomic E-state index is 11.5. The van der Waals surface area contributed by atoms with Crippen LogP contribution >= 0.6 is 0 Å². The fourth-order valence-electron chi connectivity index (χ4n) is 7.87. The van der Waals surface area contributed by atoms with Crippen molar-refractivity contribution in [1.29, 1.82) is 0 Å². The minimum atomic E-state index is -2.88. The summed E-state index contributed by atoms with van der Waals surface area (Å²) in [5.41, 5.74) is 0. The van der Waals surface area contributed by atoms with Crippen molar-refractivity contribution < 1.29 is 38.0 Å². The molecule has 8 nitrogen and oxygen atoms in total. The summed E-state index contributed by atoms with van der Waals surface area (Å²) in [6.07, 6.45) is -0.860. The van der Waals surface area contributed by atoms with Crippen molar-refractivity contribution >= 4 is 18.7 Å². The van der Waals surface area contributed by atoms with E-state index >= 15 is 0 Å². The van der Waals surface area contributed by atoms with Gasteiger partial charge in [0.25, 0.3) is 8.32 Å². The number of hydrogen-bond acceptors (Lipinski definition) is 8. The summed E-state index contributed by atoms with van der Waals surface area (Å²) in [4.78, 5) is 0. The number of aliphatic hydroxyl groups excluding tert-OH is 1. The molecule has 242 valence electrons. The van der Waals surface area contributed by atoms with E-state index in [1.807, 2.05) is 12.1 Å². The summed E-state index contributed by atoms with van der Waals surface area (Å²) in [6.45, 7) is 12.5. The highest BCUT2D eigenvalue weighted by molar-refractivity contribution is 6.99. The van der Waals surface area contributed by atoms with Crippen molar-refractivity contribution in [1.82, 2.24) is 0 Å². The highest BCUT2D eigenvalue weighted by atomic mass is 28.4. The topological polar surface area (TPSA) is 84.8 Å². The second kappa shape index (κ2) is 12.5. The molecule has 9 heteroatoms. The van der Waals surface area contributed by atoms with E-state index < -0.39 is 50.6 Å². The quantitative estimate of drug-likeness (QED) is 0.474. The molecule has 2 aromatic rings. The lowest BCUT2D eigenvalue weighted by molar-refractivity contribution is -0.509. The number of rotatable bonds is 6. The molecule has 2 spiro atoms. The molecule has 4 fully saturated rings. The second-order valence-electron chi connectivity index (χ2n) is 14.3. The molecule has 4 aliphatic heterocycles. The number of aliphatic hydroxyl groups is 1. The molecule has 6 rings (SSSR count). The first kappa shape index (κ1) is 32.3. The van der Waals surface area contributed by atoms with Crippen molar-refractivity contribution in [3.8, 4) is 0 Å². The number of benzene rings is 2. The zero-order valence-electron chi connectivity index (χ0n) is 27.1. The molecule has 0 bridgehead atoms. The van der Waals surface area contributed by atoms with Gasteiger partial charge in [-0.15, -0.1) is 0 Å². The molecule has 1 N–H and O–H groups in total. The molecule has 0 aliphatic carbocycles. The molecule has 9 atom stereocenters. The monoisotopic (exact) mass is 626 g/mol. The highest BCUT2D eigenvalue weighted by Gasteiger charge is 2.68. The van der Waals surface area contributed by atoms with Crippen molar-refractivity contribution in [2.45, 2.75) is 108 Å². The van der Waals surface area contributed by atoms with E-state index in [1.54, 1.807) is 7.11 Å². The number of fused-ring (bicyclic) bond motifs is 2. The Hall–Kier alpha value is -1.66. The number of hydrogen-bond donors (Lipinski definition) is 1. The van der Waals surface area contributed by atoms with E-state index in [9.17, 15) is 5.11 Å². The largest absolute Gasteiger partial charge is 0.405 e. The number of ether oxygens (including phenoxy) is 6. The molecule has 0 aromatic heterocycles. The van der Waals surface area contributed by atoms with Crippen molar-refractivity contribution in [3.05, 3.63) is 60.7 Å². The SMILES string of the molecule is CO[C@H]1O[C@H](CO[Si](c2ccccc2)(c2ccccc2)C(C)(C)C)[C@H]2O[C@@]3(C[C@H](C)CCO3)[C@]3(C[C@@H](C)CCO3)O[C@@H]2[C@H]1O. The summed E-state index contributed by atoms with van der Waals surface area (Å²) < 4.78 is 46.6. The van der Waals surface area contributed by atoms with Crippen LogP contribution in [0.15, 0.2) is 60.7 Å².